The smallest absolute Gasteiger partial charge is 0.231 e. The molecule has 1 fully saturated rings. The predicted octanol–water partition coefficient (Wildman–Crippen LogP) is 2.49. The summed E-state index contributed by atoms with van der Waals surface area (Å²) in [6.45, 7) is 2.20. The molecule has 0 amide bonds. The minimum absolute atomic E-state index is 0.270. The van der Waals surface area contributed by atoms with Crippen molar-refractivity contribution in [1.29, 1.82) is 0 Å². The van der Waals surface area contributed by atoms with E-state index in [-0.39, 0.29) is 5.75 Å². The predicted molar refractivity (Wildman–Crippen MR) is 61.7 cm³/mol. The molecule has 0 spiro atoms. The molecule has 2 aromatic rings. The molecule has 2 unspecified atom stereocenters. The van der Waals surface area contributed by atoms with E-state index in [0.717, 1.165) is 17.8 Å². The molecule has 0 aliphatic heterocycles. The zero-order valence-corrected chi connectivity index (χ0v) is 9.63. The summed E-state index contributed by atoms with van der Waals surface area (Å²) in [6, 6.07) is 7.04. The summed E-state index contributed by atoms with van der Waals surface area (Å²) in [4.78, 5) is 4.40. The summed E-state index contributed by atoms with van der Waals surface area (Å²) in [5.41, 5.74) is 1.06. The van der Waals surface area contributed by atoms with Crippen LogP contribution in [-0.4, -0.2) is 15.2 Å². The minimum Gasteiger partial charge on any atom is -0.508 e. The average Bonchev–Trinajstić information content (AvgIpc) is 2.88. The molecular formula is C13H14N2O2. The van der Waals surface area contributed by atoms with Crippen molar-refractivity contribution < 1.29 is 9.63 Å². The van der Waals surface area contributed by atoms with E-state index < -0.39 is 0 Å². The summed E-state index contributed by atoms with van der Waals surface area (Å²) >= 11 is 0. The van der Waals surface area contributed by atoms with Gasteiger partial charge in [-0.1, -0.05) is 24.2 Å². The summed E-state index contributed by atoms with van der Waals surface area (Å²) in [6.07, 6.45) is 1.78. The lowest BCUT2D eigenvalue weighted by Crippen LogP contribution is -1.89. The number of aromatic hydroxyl groups is 1. The number of phenols is 1. The molecule has 17 heavy (non-hydrogen) atoms. The Labute approximate surface area is 99.3 Å². The Kier molecular flexibility index (Phi) is 2.35. The van der Waals surface area contributed by atoms with Gasteiger partial charge in [-0.2, -0.15) is 4.98 Å². The second kappa shape index (κ2) is 3.87. The molecule has 1 saturated carbocycles. The van der Waals surface area contributed by atoms with Gasteiger partial charge in [0.05, 0.1) is 6.42 Å². The lowest BCUT2D eigenvalue weighted by molar-refractivity contribution is 0.379. The standard InChI is InChI=1S/C13H14N2O2/c1-8-6-11(8)13-14-12(17-15-13)7-9-2-4-10(16)5-3-9/h2-5,8,11,16H,6-7H2,1H3. The van der Waals surface area contributed by atoms with E-state index >= 15 is 0 Å². The van der Waals surface area contributed by atoms with Gasteiger partial charge in [0.15, 0.2) is 5.82 Å². The van der Waals surface area contributed by atoms with E-state index in [4.69, 9.17) is 4.52 Å². The summed E-state index contributed by atoms with van der Waals surface area (Å²) in [5.74, 6) is 2.93. The van der Waals surface area contributed by atoms with Crippen LogP contribution in [0.5, 0.6) is 5.75 Å². The Morgan fingerprint density at radius 1 is 1.35 bits per heavy atom. The number of aromatic nitrogens is 2. The maximum absolute atomic E-state index is 9.19. The van der Waals surface area contributed by atoms with Gasteiger partial charge < -0.3 is 9.63 Å². The molecule has 3 rings (SSSR count). The number of hydrogen-bond donors (Lipinski definition) is 1. The molecule has 88 valence electrons. The quantitative estimate of drug-likeness (QED) is 0.880. The first-order valence-electron chi connectivity index (χ1n) is 5.83. The Morgan fingerprint density at radius 2 is 2.06 bits per heavy atom. The summed E-state index contributed by atoms with van der Waals surface area (Å²) < 4.78 is 5.22. The molecule has 2 atom stereocenters. The number of rotatable bonds is 3. The third-order valence-electron chi connectivity index (χ3n) is 3.22. The molecule has 1 aliphatic carbocycles. The van der Waals surface area contributed by atoms with Crippen LogP contribution < -0.4 is 0 Å². The van der Waals surface area contributed by atoms with E-state index in [2.05, 4.69) is 17.1 Å². The maximum atomic E-state index is 9.19. The minimum atomic E-state index is 0.270. The topological polar surface area (TPSA) is 59.2 Å². The van der Waals surface area contributed by atoms with Gasteiger partial charge in [-0.3, -0.25) is 0 Å². The Balaban J connectivity index is 1.72. The summed E-state index contributed by atoms with van der Waals surface area (Å²) in [7, 11) is 0. The van der Waals surface area contributed by atoms with Crippen molar-refractivity contribution in [3.63, 3.8) is 0 Å². The molecule has 1 aromatic heterocycles. The van der Waals surface area contributed by atoms with E-state index in [1.165, 1.54) is 0 Å². The van der Waals surface area contributed by atoms with Crippen molar-refractivity contribution in [1.82, 2.24) is 10.1 Å². The second-order valence-electron chi connectivity index (χ2n) is 4.71. The number of nitrogens with zero attached hydrogens (tertiary/aromatic N) is 2. The van der Waals surface area contributed by atoms with Gasteiger partial charge in [0.1, 0.15) is 5.75 Å². The molecule has 1 aliphatic rings. The van der Waals surface area contributed by atoms with E-state index in [0.29, 0.717) is 24.1 Å². The normalized spacial score (nSPS) is 22.6. The maximum Gasteiger partial charge on any atom is 0.231 e. The van der Waals surface area contributed by atoms with Gasteiger partial charge in [-0.05, 0) is 30.0 Å². The van der Waals surface area contributed by atoms with Gasteiger partial charge >= 0.3 is 0 Å². The molecule has 1 aromatic carbocycles. The monoisotopic (exact) mass is 230 g/mol. The number of phenolic OH excluding ortho intramolecular Hbond substituents is 1. The molecule has 4 heteroatoms. The first-order chi connectivity index (χ1) is 8.22. The number of hydrogen-bond acceptors (Lipinski definition) is 4. The molecule has 1 N–H and O–H groups in total. The summed E-state index contributed by atoms with van der Waals surface area (Å²) in [5, 5.41) is 13.2. The molecule has 1 heterocycles. The van der Waals surface area contributed by atoms with Crippen molar-refractivity contribution in [2.75, 3.05) is 0 Å². The third kappa shape index (κ3) is 2.16. The molecule has 4 nitrogen and oxygen atoms in total. The van der Waals surface area contributed by atoms with Crippen molar-refractivity contribution in [2.24, 2.45) is 5.92 Å². The highest BCUT2D eigenvalue weighted by atomic mass is 16.5. The van der Waals surface area contributed by atoms with E-state index in [9.17, 15) is 5.11 Å². The zero-order chi connectivity index (χ0) is 11.8. The number of benzene rings is 1. The van der Waals surface area contributed by atoms with E-state index in [1.54, 1.807) is 12.1 Å². The molecule has 0 radical (unpaired) electrons. The SMILES string of the molecule is CC1CC1c1noc(Cc2ccc(O)cc2)n1. The Morgan fingerprint density at radius 3 is 2.71 bits per heavy atom. The molecule has 0 saturated heterocycles. The Bertz CT molecular complexity index is 518. The molecular weight excluding hydrogens is 216 g/mol. The first kappa shape index (κ1) is 10.3. The van der Waals surface area contributed by atoms with Gasteiger partial charge in [-0.25, -0.2) is 0 Å². The second-order valence-corrected chi connectivity index (χ2v) is 4.71. The lowest BCUT2D eigenvalue weighted by Gasteiger charge is -1.96. The van der Waals surface area contributed by atoms with Crippen LogP contribution in [-0.2, 0) is 6.42 Å². The van der Waals surface area contributed by atoms with Crippen LogP contribution >= 0.6 is 0 Å². The highest BCUT2D eigenvalue weighted by Gasteiger charge is 2.37. The van der Waals surface area contributed by atoms with Crippen LogP contribution in [0.3, 0.4) is 0 Å². The fourth-order valence-electron chi connectivity index (χ4n) is 1.96. The van der Waals surface area contributed by atoms with Crippen molar-refractivity contribution >= 4 is 0 Å². The van der Waals surface area contributed by atoms with Crippen LogP contribution in [0.2, 0.25) is 0 Å². The van der Waals surface area contributed by atoms with Gasteiger partial charge in [0.2, 0.25) is 5.89 Å². The van der Waals surface area contributed by atoms with Crippen LogP contribution in [0, 0.1) is 5.92 Å². The zero-order valence-electron chi connectivity index (χ0n) is 9.63. The van der Waals surface area contributed by atoms with Crippen molar-refractivity contribution in [3.8, 4) is 5.75 Å². The van der Waals surface area contributed by atoms with Crippen LogP contribution in [0.1, 0.15) is 36.5 Å². The average molecular weight is 230 g/mol. The van der Waals surface area contributed by atoms with E-state index in [1.807, 2.05) is 12.1 Å². The fraction of sp³-hybridized carbons (Fsp3) is 0.385. The van der Waals surface area contributed by atoms with Crippen molar-refractivity contribution in [3.05, 3.63) is 41.5 Å². The van der Waals surface area contributed by atoms with Crippen molar-refractivity contribution in [2.45, 2.75) is 25.7 Å². The fourth-order valence-corrected chi connectivity index (χ4v) is 1.96. The van der Waals surface area contributed by atoms with Gasteiger partial charge in [-0.15, -0.1) is 0 Å². The van der Waals surface area contributed by atoms with Crippen LogP contribution in [0.4, 0.5) is 0 Å². The van der Waals surface area contributed by atoms with Gasteiger partial charge in [0.25, 0.3) is 0 Å². The third-order valence-corrected chi connectivity index (χ3v) is 3.22. The van der Waals surface area contributed by atoms with Crippen LogP contribution in [0.25, 0.3) is 0 Å². The lowest BCUT2D eigenvalue weighted by atomic mass is 10.1. The Hall–Kier alpha value is -1.84. The van der Waals surface area contributed by atoms with Crippen LogP contribution in [0.15, 0.2) is 28.8 Å². The highest BCUT2D eigenvalue weighted by Crippen LogP contribution is 2.45. The largest absolute Gasteiger partial charge is 0.508 e. The van der Waals surface area contributed by atoms with Gasteiger partial charge in [0, 0.05) is 5.92 Å². The first-order valence-corrected chi connectivity index (χ1v) is 5.83. The molecule has 0 bridgehead atoms. The highest BCUT2D eigenvalue weighted by molar-refractivity contribution is 5.27.